The number of halogens is 2. The van der Waals surface area contributed by atoms with Crippen LogP contribution in [0.1, 0.15) is 15.9 Å². The summed E-state index contributed by atoms with van der Waals surface area (Å²) in [5, 5.41) is 3.96. The number of methoxy groups -OCH3 is 2. The summed E-state index contributed by atoms with van der Waals surface area (Å²) >= 11 is 5.53. The van der Waals surface area contributed by atoms with Gasteiger partial charge in [0, 0.05) is 9.13 Å². The molecule has 2 rings (SSSR count). The van der Waals surface area contributed by atoms with Gasteiger partial charge in [0.1, 0.15) is 0 Å². The molecular weight excluding hydrogens is 531 g/mol. The van der Waals surface area contributed by atoms with Crippen molar-refractivity contribution in [3.05, 3.63) is 55.6 Å². The number of hydrazone groups is 1. The molecule has 2 aromatic rings. The molecule has 0 saturated heterocycles. The number of esters is 1. The van der Waals surface area contributed by atoms with E-state index in [-0.39, 0.29) is 12.5 Å². The molecule has 0 spiro atoms. The van der Waals surface area contributed by atoms with Crippen LogP contribution < -0.4 is 14.9 Å². The first-order valence-corrected chi connectivity index (χ1v) is 9.48. The third kappa shape index (κ3) is 6.21. The fourth-order valence-corrected chi connectivity index (χ4v) is 2.91. The number of carbonyl (C=O) groups is 2. The summed E-state index contributed by atoms with van der Waals surface area (Å²) in [5.74, 6) is -0.0544. The molecule has 7 nitrogen and oxygen atoms in total. The van der Waals surface area contributed by atoms with Crippen LogP contribution in [0.4, 0.5) is 0 Å². The van der Waals surface area contributed by atoms with Crippen LogP contribution in [0.15, 0.2) is 46.0 Å². The lowest BCUT2D eigenvalue weighted by atomic mass is 10.2. The van der Waals surface area contributed by atoms with Gasteiger partial charge in [-0.3, -0.25) is 4.79 Å². The molecule has 0 aliphatic rings. The minimum atomic E-state index is -0.507. The van der Waals surface area contributed by atoms with E-state index in [1.165, 1.54) is 20.4 Å². The number of carbonyl (C=O) groups excluding carboxylic acids is 2. The lowest BCUT2D eigenvalue weighted by Gasteiger charge is -2.12. The first-order chi connectivity index (χ1) is 12.9. The van der Waals surface area contributed by atoms with Crippen molar-refractivity contribution in [1.82, 2.24) is 5.43 Å². The van der Waals surface area contributed by atoms with Crippen molar-refractivity contribution in [2.24, 2.45) is 5.10 Å². The lowest BCUT2D eigenvalue weighted by Crippen LogP contribution is -2.17. The normalized spacial score (nSPS) is 10.5. The van der Waals surface area contributed by atoms with Gasteiger partial charge in [-0.25, -0.2) is 10.2 Å². The lowest BCUT2D eigenvalue weighted by molar-refractivity contribution is -0.142. The van der Waals surface area contributed by atoms with Crippen molar-refractivity contribution in [2.75, 3.05) is 20.8 Å². The Morgan fingerprint density at radius 1 is 1.22 bits per heavy atom. The summed E-state index contributed by atoms with van der Waals surface area (Å²) < 4.78 is 16.9. The maximum Gasteiger partial charge on any atom is 0.343 e. The fraction of sp³-hybridized carbons (Fsp3) is 0.167. The summed E-state index contributed by atoms with van der Waals surface area (Å²) in [5.41, 5.74) is 3.64. The number of benzene rings is 2. The zero-order valence-electron chi connectivity index (χ0n) is 14.5. The van der Waals surface area contributed by atoms with Gasteiger partial charge < -0.3 is 14.2 Å². The van der Waals surface area contributed by atoms with E-state index in [9.17, 15) is 9.59 Å². The molecule has 0 saturated carbocycles. The van der Waals surface area contributed by atoms with Crippen LogP contribution in [-0.4, -0.2) is 38.9 Å². The first-order valence-electron chi connectivity index (χ1n) is 7.60. The number of nitrogens with one attached hydrogen (secondary N) is 1. The van der Waals surface area contributed by atoms with Crippen molar-refractivity contribution < 1.29 is 23.8 Å². The van der Waals surface area contributed by atoms with Gasteiger partial charge >= 0.3 is 5.97 Å². The molecule has 1 N–H and O–H groups in total. The van der Waals surface area contributed by atoms with Gasteiger partial charge in [0.2, 0.25) is 0 Å². The van der Waals surface area contributed by atoms with E-state index in [1.54, 1.807) is 24.3 Å². The molecule has 9 heteroatoms. The van der Waals surface area contributed by atoms with Crippen molar-refractivity contribution in [2.45, 2.75) is 0 Å². The molecular formula is C18H16BrIN2O5. The molecule has 0 bridgehead atoms. The number of nitrogens with zero attached hydrogens (tertiary/aromatic N) is 1. The minimum absolute atomic E-state index is 0.245. The molecule has 0 unspecified atom stereocenters. The Morgan fingerprint density at radius 3 is 2.56 bits per heavy atom. The van der Waals surface area contributed by atoms with Gasteiger partial charge in [-0.05, 0) is 80.5 Å². The van der Waals surface area contributed by atoms with Gasteiger partial charge in [0.15, 0.2) is 18.1 Å². The zero-order chi connectivity index (χ0) is 19.8. The second-order valence-electron chi connectivity index (χ2n) is 5.10. The smallest absolute Gasteiger partial charge is 0.343 e. The molecule has 142 valence electrons. The molecule has 0 heterocycles. The standard InChI is InChI=1S/C18H16BrIN2O5/c1-25-15-8-11(7-14(19)17(15)27-10-16(23)26-2)9-21-22-18(24)12-3-5-13(20)6-4-12/h3-9H,10H2,1-2H3,(H,22,24)/b21-9-. The Morgan fingerprint density at radius 2 is 1.93 bits per heavy atom. The number of hydrogen-bond donors (Lipinski definition) is 1. The monoisotopic (exact) mass is 546 g/mol. The van der Waals surface area contributed by atoms with Gasteiger partial charge in [-0.2, -0.15) is 5.10 Å². The maximum atomic E-state index is 12.0. The predicted molar refractivity (Wildman–Crippen MR) is 112 cm³/mol. The average molecular weight is 547 g/mol. The molecule has 1 amide bonds. The Bertz CT molecular complexity index is 856. The molecule has 0 radical (unpaired) electrons. The Balaban J connectivity index is 2.08. The topological polar surface area (TPSA) is 86.2 Å². The molecule has 2 aromatic carbocycles. The van der Waals surface area contributed by atoms with E-state index in [2.05, 4.69) is 53.8 Å². The van der Waals surface area contributed by atoms with Crippen molar-refractivity contribution in [1.29, 1.82) is 0 Å². The van der Waals surface area contributed by atoms with Crippen LogP contribution in [0.3, 0.4) is 0 Å². The van der Waals surface area contributed by atoms with Crippen LogP contribution in [0.2, 0.25) is 0 Å². The third-order valence-corrected chi connectivity index (χ3v) is 4.61. The predicted octanol–water partition coefficient (Wildman–Crippen LogP) is 3.38. The number of rotatable bonds is 7. The van der Waals surface area contributed by atoms with Gasteiger partial charge in [0.05, 0.1) is 24.9 Å². The Kier molecular flexibility index (Phi) is 8.04. The second-order valence-corrected chi connectivity index (χ2v) is 7.20. The highest BCUT2D eigenvalue weighted by molar-refractivity contribution is 14.1. The van der Waals surface area contributed by atoms with Crippen LogP contribution in [0, 0.1) is 3.57 Å². The van der Waals surface area contributed by atoms with Crippen molar-refractivity contribution in [3.8, 4) is 11.5 Å². The van der Waals surface area contributed by atoms with E-state index in [0.717, 1.165) is 3.57 Å². The molecule has 0 aliphatic carbocycles. The van der Waals surface area contributed by atoms with E-state index in [4.69, 9.17) is 9.47 Å². The van der Waals surface area contributed by atoms with Crippen LogP contribution in [-0.2, 0) is 9.53 Å². The van der Waals surface area contributed by atoms with Gasteiger partial charge in [-0.1, -0.05) is 0 Å². The molecule has 0 fully saturated rings. The van der Waals surface area contributed by atoms with Crippen LogP contribution in [0.25, 0.3) is 0 Å². The van der Waals surface area contributed by atoms with Crippen molar-refractivity contribution >= 4 is 56.6 Å². The SMILES string of the molecule is COC(=O)COc1c(Br)cc(/C=N\NC(=O)c2ccc(I)cc2)cc1OC. The van der Waals surface area contributed by atoms with Gasteiger partial charge in [0.25, 0.3) is 5.91 Å². The van der Waals surface area contributed by atoms with Crippen molar-refractivity contribution in [3.63, 3.8) is 0 Å². The molecule has 0 atom stereocenters. The Hall–Kier alpha value is -2.14. The number of hydrogen-bond acceptors (Lipinski definition) is 6. The van der Waals surface area contributed by atoms with Crippen LogP contribution >= 0.6 is 38.5 Å². The fourth-order valence-electron chi connectivity index (χ4n) is 1.98. The summed E-state index contributed by atoms with van der Waals surface area (Å²) in [6, 6.07) is 10.5. The van der Waals surface area contributed by atoms with E-state index >= 15 is 0 Å². The third-order valence-electron chi connectivity index (χ3n) is 3.30. The highest BCUT2D eigenvalue weighted by Crippen LogP contribution is 2.36. The molecule has 0 aromatic heterocycles. The van der Waals surface area contributed by atoms with E-state index in [0.29, 0.717) is 27.1 Å². The summed E-state index contributed by atoms with van der Waals surface area (Å²) in [6.45, 7) is -0.245. The maximum absolute atomic E-state index is 12.0. The summed E-state index contributed by atoms with van der Waals surface area (Å²) in [7, 11) is 2.76. The molecule has 27 heavy (non-hydrogen) atoms. The highest BCUT2D eigenvalue weighted by Gasteiger charge is 2.13. The molecule has 0 aliphatic heterocycles. The number of amides is 1. The largest absolute Gasteiger partial charge is 0.493 e. The van der Waals surface area contributed by atoms with E-state index < -0.39 is 5.97 Å². The summed E-state index contributed by atoms with van der Waals surface area (Å²) in [4.78, 5) is 23.3. The average Bonchev–Trinajstić information content (AvgIpc) is 2.66. The zero-order valence-corrected chi connectivity index (χ0v) is 18.2. The minimum Gasteiger partial charge on any atom is -0.493 e. The van der Waals surface area contributed by atoms with Crippen LogP contribution in [0.5, 0.6) is 11.5 Å². The second kappa shape index (κ2) is 10.3. The summed E-state index contributed by atoms with van der Waals surface area (Å²) in [6.07, 6.45) is 1.47. The van der Waals surface area contributed by atoms with Gasteiger partial charge in [-0.15, -0.1) is 0 Å². The number of ether oxygens (including phenoxy) is 3. The quantitative estimate of drug-likeness (QED) is 0.249. The first kappa shape index (κ1) is 21.2. The highest BCUT2D eigenvalue weighted by atomic mass is 127. The van der Waals surface area contributed by atoms with E-state index in [1.807, 2.05) is 12.1 Å². The Labute approximate surface area is 178 Å².